The van der Waals surface area contributed by atoms with Gasteiger partial charge in [0.1, 0.15) is 12.1 Å². The van der Waals surface area contributed by atoms with E-state index in [1.54, 1.807) is 18.0 Å². The van der Waals surface area contributed by atoms with Gasteiger partial charge in [0, 0.05) is 33.4 Å². The highest BCUT2D eigenvalue weighted by Gasteiger charge is 2.31. The third-order valence-electron chi connectivity index (χ3n) is 4.40. The monoisotopic (exact) mass is 398 g/mol. The minimum absolute atomic E-state index is 0.0530. The number of amides is 1. The summed E-state index contributed by atoms with van der Waals surface area (Å²) < 4.78 is 48.2. The van der Waals surface area contributed by atoms with Crippen LogP contribution in [-0.4, -0.2) is 51.7 Å². The van der Waals surface area contributed by atoms with Gasteiger partial charge >= 0.3 is 6.36 Å². The Morgan fingerprint density at radius 1 is 1.36 bits per heavy atom. The van der Waals surface area contributed by atoms with Gasteiger partial charge in [0.2, 0.25) is 5.82 Å². The van der Waals surface area contributed by atoms with Crippen molar-refractivity contribution >= 4 is 5.91 Å². The van der Waals surface area contributed by atoms with Crippen LogP contribution in [0.4, 0.5) is 13.2 Å². The van der Waals surface area contributed by atoms with Gasteiger partial charge in [-0.1, -0.05) is 12.1 Å². The predicted molar refractivity (Wildman–Crippen MR) is 92.4 cm³/mol. The maximum absolute atomic E-state index is 12.9. The van der Waals surface area contributed by atoms with Crippen molar-refractivity contribution in [3.05, 3.63) is 42.0 Å². The van der Waals surface area contributed by atoms with Crippen molar-refractivity contribution in [1.29, 1.82) is 0 Å². The number of hydrogen-bond donors (Lipinski definition) is 0. The summed E-state index contributed by atoms with van der Waals surface area (Å²) in [5, 5.41) is 4.05. The van der Waals surface area contributed by atoms with Crippen molar-refractivity contribution in [2.24, 2.45) is 13.0 Å². The van der Waals surface area contributed by atoms with Crippen LogP contribution in [0.25, 0.3) is 0 Å². The molecule has 1 amide bonds. The highest BCUT2D eigenvalue weighted by Crippen LogP contribution is 2.25. The number of rotatable bonds is 6. The fourth-order valence-corrected chi connectivity index (χ4v) is 3.10. The normalized spacial score (nSPS) is 15.4. The highest BCUT2D eigenvalue weighted by molar-refractivity contribution is 5.90. The lowest BCUT2D eigenvalue weighted by Gasteiger charge is -2.29. The largest absolute Gasteiger partial charge is 0.573 e. The lowest BCUT2D eigenvalue weighted by Crippen LogP contribution is -2.37. The molecule has 1 aliphatic heterocycles. The number of nitrogens with zero attached hydrogens (tertiary/aromatic N) is 4. The summed E-state index contributed by atoms with van der Waals surface area (Å²) in [5.74, 6) is -0.387. The number of aromatic nitrogens is 3. The molecule has 3 rings (SSSR count). The molecule has 0 aliphatic carbocycles. The van der Waals surface area contributed by atoms with E-state index in [2.05, 4.69) is 14.8 Å². The predicted octanol–water partition coefficient (Wildman–Crippen LogP) is 2.78. The maximum atomic E-state index is 12.9. The molecule has 1 saturated heterocycles. The summed E-state index contributed by atoms with van der Waals surface area (Å²) in [7, 11) is 1.66. The van der Waals surface area contributed by atoms with Gasteiger partial charge in [0.15, 0.2) is 0 Å². The molecule has 0 N–H and O–H groups in total. The SMILES string of the molecule is Cn1cnc(C(=O)N(Cc2cccc(OC(F)(F)F)c2)CC2CCOCC2)n1. The van der Waals surface area contributed by atoms with E-state index in [0.717, 1.165) is 12.8 Å². The Bertz CT molecular complexity index is 803. The molecule has 1 fully saturated rings. The summed E-state index contributed by atoms with van der Waals surface area (Å²) in [6.45, 7) is 1.83. The van der Waals surface area contributed by atoms with Gasteiger partial charge in [0.05, 0.1) is 0 Å². The maximum Gasteiger partial charge on any atom is 0.573 e. The van der Waals surface area contributed by atoms with Crippen molar-refractivity contribution in [1.82, 2.24) is 19.7 Å². The molecule has 0 bridgehead atoms. The molecule has 2 aromatic rings. The van der Waals surface area contributed by atoms with Gasteiger partial charge in [-0.2, -0.15) is 0 Å². The lowest BCUT2D eigenvalue weighted by atomic mass is 9.99. The van der Waals surface area contributed by atoms with Gasteiger partial charge in [-0.3, -0.25) is 9.48 Å². The number of benzene rings is 1. The van der Waals surface area contributed by atoms with Crippen LogP contribution in [-0.2, 0) is 18.3 Å². The molecular weight excluding hydrogens is 377 g/mol. The molecule has 0 spiro atoms. The summed E-state index contributed by atoms with van der Waals surface area (Å²) in [4.78, 5) is 18.5. The zero-order valence-corrected chi connectivity index (χ0v) is 15.4. The third-order valence-corrected chi connectivity index (χ3v) is 4.40. The summed E-state index contributed by atoms with van der Waals surface area (Å²) in [5.41, 5.74) is 0.526. The molecule has 1 aromatic heterocycles. The molecule has 7 nitrogen and oxygen atoms in total. The van der Waals surface area contributed by atoms with Crippen LogP contribution in [0, 0.1) is 5.92 Å². The van der Waals surface area contributed by atoms with Crippen LogP contribution in [0.3, 0.4) is 0 Å². The molecule has 0 unspecified atom stereocenters. The molecule has 1 aromatic carbocycles. The van der Waals surface area contributed by atoms with Crippen molar-refractivity contribution < 1.29 is 27.4 Å². The van der Waals surface area contributed by atoms with Crippen molar-refractivity contribution in [3.63, 3.8) is 0 Å². The Balaban J connectivity index is 1.78. The number of halogens is 3. The second kappa shape index (κ2) is 8.59. The quantitative estimate of drug-likeness (QED) is 0.749. The Morgan fingerprint density at radius 3 is 2.75 bits per heavy atom. The minimum atomic E-state index is -4.77. The van der Waals surface area contributed by atoms with E-state index in [-0.39, 0.29) is 29.9 Å². The third kappa shape index (κ3) is 5.69. The van der Waals surface area contributed by atoms with Crippen LogP contribution in [0.1, 0.15) is 29.0 Å². The van der Waals surface area contributed by atoms with E-state index in [1.807, 2.05) is 0 Å². The standard InChI is InChI=1S/C18H21F3N4O3/c1-24-12-22-16(23-24)17(26)25(10-13-5-7-27-8-6-13)11-14-3-2-4-15(9-14)28-18(19,20)21/h2-4,9,12-13H,5-8,10-11H2,1H3. The molecule has 152 valence electrons. The van der Waals surface area contributed by atoms with Crippen LogP contribution < -0.4 is 4.74 Å². The van der Waals surface area contributed by atoms with E-state index in [1.165, 1.54) is 29.2 Å². The first-order chi connectivity index (χ1) is 13.3. The molecule has 0 atom stereocenters. The van der Waals surface area contributed by atoms with E-state index in [9.17, 15) is 18.0 Å². The van der Waals surface area contributed by atoms with E-state index < -0.39 is 6.36 Å². The number of ether oxygens (including phenoxy) is 2. The highest BCUT2D eigenvalue weighted by atomic mass is 19.4. The van der Waals surface area contributed by atoms with Crippen LogP contribution in [0.5, 0.6) is 5.75 Å². The zero-order chi connectivity index (χ0) is 20.1. The average Bonchev–Trinajstić information content (AvgIpc) is 3.07. The van der Waals surface area contributed by atoms with Crippen molar-refractivity contribution in [2.75, 3.05) is 19.8 Å². The summed E-state index contributed by atoms with van der Waals surface area (Å²) >= 11 is 0. The number of alkyl halides is 3. The molecule has 0 saturated carbocycles. The molecule has 28 heavy (non-hydrogen) atoms. The number of carbonyl (C=O) groups excluding carboxylic acids is 1. The van der Waals surface area contributed by atoms with E-state index in [0.29, 0.717) is 25.3 Å². The molecule has 1 aliphatic rings. The number of aryl methyl sites for hydroxylation is 1. The fraction of sp³-hybridized carbons (Fsp3) is 0.500. The second-order valence-electron chi connectivity index (χ2n) is 6.68. The van der Waals surface area contributed by atoms with E-state index >= 15 is 0 Å². The molecule has 10 heteroatoms. The smallest absolute Gasteiger partial charge is 0.406 e. The summed E-state index contributed by atoms with van der Waals surface area (Å²) in [6.07, 6.45) is -1.71. The van der Waals surface area contributed by atoms with E-state index in [4.69, 9.17) is 4.74 Å². The first kappa shape index (κ1) is 20.1. The fourth-order valence-electron chi connectivity index (χ4n) is 3.10. The first-order valence-corrected chi connectivity index (χ1v) is 8.87. The Morgan fingerprint density at radius 2 is 2.11 bits per heavy atom. The van der Waals surface area contributed by atoms with Gasteiger partial charge in [-0.15, -0.1) is 18.3 Å². The van der Waals surface area contributed by atoms with Crippen molar-refractivity contribution in [3.8, 4) is 5.75 Å². The lowest BCUT2D eigenvalue weighted by molar-refractivity contribution is -0.274. The summed E-state index contributed by atoms with van der Waals surface area (Å²) in [6, 6.07) is 5.62. The number of hydrogen-bond acceptors (Lipinski definition) is 5. The van der Waals surface area contributed by atoms with Crippen LogP contribution in [0.15, 0.2) is 30.6 Å². The average molecular weight is 398 g/mol. The molecular formula is C18H21F3N4O3. The topological polar surface area (TPSA) is 69.5 Å². The van der Waals surface area contributed by atoms with Gasteiger partial charge in [-0.05, 0) is 36.5 Å². The Labute approximate surface area is 160 Å². The number of carbonyl (C=O) groups is 1. The Kier molecular flexibility index (Phi) is 6.18. The molecule has 2 heterocycles. The second-order valence-corrected chi connectivity index (χ2v) is 6.68. The van der Waals surface area contributed by atoms with Gasteiger partial charge in [-0.25, -0.2) is 4.98 Å². The zero-order valence-electron chi connectivity index (χ0n) is 15.4. The van der Waals surface area contributed by atoms with Crippen molar-refractivity contribution in [2.45, 2.75) is 25.7 Å². The van der Waals surface area contributed by atoms with Crippen LogP contribution in [0.2, 0.25) is 0 Å². The Hall–Kier alpha value is -2.62. The first-order valence-electron chi connectivity index (χ1n) is 8.87. The molecule has 0 radical (unpaired) electrons. The van der Waals surface area contributed by atoms with Gasteiger partial charge in [0.25, 0.3) is 5.91 Å². The van der Waals surface area contributed by atoms with Crippen LogP contribution >= 0.6 is 0 Å². The minimum Gasteiger partial charge on any atom is -0.406 e. The van der Waals surface area contributed by atoms with Gasteiger partial charge < -0.3 is 14.4 Å².